The molecule has 0 spiro atoms. The summed E-state index contributed by atoms with van der Waals surface area (Å²) in [5.74, 6) is -39.0. The summed E-state index contributed by atoms with van der Waals surface area (Å²) in [5.41, 5.74) is 0. The van der Waals surface area contributed by atoms with Gasteiger partial charge in [-0.15, -0.1) is 0 Å². The maximum absolute atomic E-state index is 13.0. The molecule has 0 nitrogen and oxygen atoms in total. The predicted octanol–water partition coefficient (Wildman–Crippen LogP) is 6.57. The first kappa shape index (κ1) is 25.1. The van der Waals surface area contributed by atoms with Crippen LogP contribution in [0.5, 0.6) is 0 Å². The lowest BCUT2D eigenvalue weighted by Gasteiger charge is -2.39. The highest BCUT2D eigenvalue weighted by Crippen LogP contribution is 2.60. The lowest BCUT2D eigenvalue weighted by molar-refractivity contribution is -0.436. The van der Waals surface area contributed by atoms with Crippen LogP contribution < -0.4 is 0 Å². The van der Waals surface area contributed by atoms with Crippen LogP contribution in [0.2, 0.25) is 0 Å². The lowest BCUT2D eigenvalue weighted by atomic mass is 9.94. The fourth-order valence-corrected chi connectivity index (χ4v) is 1.40. The minimum absolute atomic E-state index is 1.18. The molecule has 0 rings (SSSR count). The van der Waals surface area contributed by atoms with E-state index in [0.29, 0.717) is 0 Å². The first-order valence-corrected chi connectivity index (χ1v) is 6.08. The molecule has 0 aromatic heterocycles. The van der Waals surface area contributed by atoms with Gasteiger partial charge in [0.1, 0.15) is 4.48 Å². The van der Waals surface area contributed by atoms with Gasteiger partial charge in [-0.2, -0.15) is 70.2 Å². The predicted molar refractivity (Wildman–Crippen MR) is 53.9 cm³/mol. The Hall–Kier alpha value is -0.900. The molecule has 0 saturated carbocycles. The fraction of sp³-hybridized carbons (Fsp3) is 0.778. The van der Waals surface area contributed by atoms with E-state index in [9.17, 15) is 70.2 Å². The third kappa shape index (κ3) is 3.72. The van der Waals surface area contributed by atoms with Crippen molar-refractivity contribution in [2.24, 2.45) is 0 Å². The van der Waals surface area contributed by atoms with Crippen LogP contribution in [0.3, 0.4) is 0 Å². The molecule has 0 bridgehead atoms. The Morgan fingerprint density at radius 3 is 1.08 bits per heavy atom. The summed E-state index contributed by atoms with van der Waals surface area (Å²) >= 11 is 1.18. The van der Waals surface area contributed by atoms with Crippen molar-refractivity contribution in [2.75, 3.05) is 0 Å². The SMILES string of the molecule is FC(F)(F)C(Br)=CC(F)(F)C(F)(F)C(F)(F)C(F)(F)C(F)(F)C(F)(F)F. The monoisotopic (exact) mass is 492 g/mol. The number of halogens is 17. The maximum Gasteiger partial charge on any atom is 0.460 e. The molecular formula is C9HBrF16. The van der Waals surface area contributed by atoms with Gasteiger partial charge >= 0.3 is 42.0 Å². The van der Waals surface area contributed by atoms with Crippen molar-refractivity contribution in [3.8, 4) is 0 Å². The van der Waals surface area contributed by atoms with Crippen LogP contribution in [-0.2, 0) is 0 Å². The number of hydrogen-bond donors (Lipinski definition) is 0. The highest BCUT2D eigenvalue weighted by Gasteiger charge is 2.90. The van der Waals surface area contributed by atoms with E-state index in [1.807, 2.05) is 0 Å². The second-order valence-electron chi connectivity index (χ2n) is 4.41. The quantitative estimate of drug-likeness (QED) is 0.381. The Balaban J connectivity index is 6.43. The zero-order chi connectivity index (χ0) is 21.8. The van der Waals surface area contributed by atoms with E-state index in [1.165, 1.54) is 15.9 Å². The highest BCUT2D eigenvalue weighted by atomic mass is 79.9. The molecule has 0 radical (unpaired) electrons. The number of allylic oxidation sites excluding steroid dienone is 2. The van der Waals surface area contributed by atoms with E-state index < -0.39 is 52.5 Å². The summed E-state index contributed by atoms with van der Waals surface area (Å²) < 4.78 is 197. The number of rotatable bonds is 5. The van der Waals surface area contributed by atoms with Gasteiger partial charge in [-0.1, -0.05) is 0 Å². The molecule has 0 aliphatic carbocycles. The van der Waals surface area contributed by atoms with Gasteiger partial charge in [0.15, 0.2) is 0 Å². The summed E-state index contributed by atoms with van der Waals surface area (Å²) in [4.78, 5) is 0. The first-order chi connectivity index (χ1) is 10.9. The van der Waals surface area contributed by atoms with E-state index in [0.717, 1.165) is 0 Å². The van der Waals surface area contributed by atoms with Gasteiger partial charge in [-0.05, 0) is 15.9 Å². The topological polar surface area (TPSA) is 0 Å². The Bertz CT molecular complexity index is 549. The van der Waals surface area contributed by atoms with E-state index in [-0.39, 0.29) is 0 Å². The normalized spacial score (nSPS) is 16.9. The molecular weight excluding hydrogens is 492 g/mol. The molecule has 0 unspecified atom stereocenters. The van der Waals surface area contributed by atoms with Crippen molar-refractivity contribution < 1.29 is 70.2 Å². The molecule has 0 saturated heterocycles. The fourth-order valence-electron chi connectivity index (χ4n) is 1.11. The molecule has 0 heterocycles. The summed E-state index contributed by atoms with van der Waals surface area (Å²) in [6, 6.07) is 0. The molecule has 156 valence electrons. The molecule has 0 amide bonds. The Morgan fingerprint density at radius 2 is 0.808 bits per heavy atom. The van der Waals surface area contributed by atoms with Crippen molar-refractivity contribution in [1.82, 2.24) is 0 Å². The van der Waals surface area contributed by atoms with Gasteiger partial charge < -0.3 is 0 Å². The van der Waals surface area contributed by atoms with Gasteiger partial charge in [0.25, 0.3) is 0 Å². The first-order valence-electron chi connectivity index (χ1n) is 5.29. The molecule has 0 aromatic carbocycles. The Kier molecular flexibility index (Phi) is 6.10. The van der Waals surface area contributed by atoms with Crippen molar-refractivity contribution in [3.63, 3.8) is 0 Å². The van der Waals surface area contributed by atoms with Gasteiger partial charge in [-0.25, -0.2) is 0 Å². The zero-order valence-corrected chi connectivity index (χ0v) is 12.6. The van der Waals surface area contributed by atoms with Gasteiger partial charge in [0.2, 0.25) is 0 Å². The van der Waals surface area contributed by atoms with Crippen LogP contribution in [0.4, 0.5) is 70.2 Å². The maximum atomic E-state index is 13.0. The average Bonchev–Trinajstić information content (AvgIpc) is 2.34. The van der Waals surface area contributed by atoms with Crippen LogP contribution in [-0.4, -0.2) is 42.0 Å². The van der Waals surface area contributed by atoms with Gasteiger partial charge in [-0.3, -0.25) is 0 Å². The van der Waals surface area contributed by atoms with Crippen molar-refractivity contribution in [1.29, 1.82) is 0 Å². The van der Waals surface area contributed by atoms with Crippen molar-refractivity contribution >= 4 is 15.9 Å². The van der Waals surface area contributed by atoms with E-state index >= 15 is 0 Å². The van der Waals surface area contributed by atoms with Gasteiger partial charge in [0, 0.05) is 6.08 Å². The molecule has 0 atom stereocenters. The van der Waals surface area contributed by atoms with E-state index in [1.54, 1.807) is 0 Å². The Labute approximate surface area is 139 Å². The van der Waals surface area contributed by atoms with Crippen molar-refractivity contribution in [3.05, 3.63) is 10.6 Å². The molecule has 26 heavy (non-hydrogen) atoms. The molecule has 0 aliphatic heterocycles. The second-order valence-corrected chi connectivity index (χ2v) is 5.26. The van der Waals surface area contributed by atoms with Crippen LogP contribution in [0.15, 0.2) is 10.6 Å². The van der Waals surface area contributed by atoms with Gasteiger partial charge in [0.05, 0.1) is 0 Å². The second kappa shape index (κ2) is 6.32. The van der Waals surface area contributed by atoms with Crippen LogP contribution >= 0.6 is 15.9 Å². The highest BCUT2D eigenvalue weighted by molar-refractivity contribution is 9.11. The minimum atomic E-state index is -8.16. The minimum Gasteiger partial charge on any atom is -0.195 e. The molecule has 0 aromatic rings. The number of alkyl halides is 16. The Morgan fingerprint density at radius 1 is 0.500 bits per heavy atom. The van der Waals surface area contributed by atoms with Crippen LogP contribution in [0, 0.1) is 0 Å². The summed E-state index contributed by atoms with van der Waals surface area (Å²) in [7, 11) is 0. The average molecular weight is 493 g/mol. The lowest BCUT2D eigenvalue weighted by Crippen LogP contribution is -2.69. The van der Waals surface area contributed by atoms with Crippen LogP contribution in [0.25, 0.3) is 0 Å². The smallest absolute Gasteiger partial charge is 0.195 e. The van der Waals surface area contributed by atoms with E-state index in [4.69, 9.17) is 0 Å². The summed E-state index contributed by atoms with van der Waals surface area (Å²) in [5, 5.41) is 0. The molecule has 0 fully saturated rings. The molecule has 0 aliphatic rings. The summed E-state index contributed by atoms with van der Waals surface area (Å²) in [6.45, 7) is 0. The molecule has 0 N–H and O–H groups in total. The van der Waals surface area contributed by atoms with Crippen LogP contribution in [0.1, 0.15) is 0 Å². The number of hydrogen-bond acceptors (Lipinski definition) is 0. The van der Waals surface area contributed by atoms with E-state index in [2.05, 4.69) is 0 Å². The third-order valence-corrected chi connectivity index (χ3v) is 3.21. The molecule has 17 heteroatoms. The van der Waals surface area contributed by atoms with Crippen molar-refractivity contribution in [2.45, 2.75) is 42.0 Å². The summed E-state index contributed by atoms with van der Waals surface area (Å²) in [6.07, 6.45) is -15.6. The third-order valence-electron chi connectivity index (χ3n) is 2.54. The zero-order valence-electron chi connectivity index (χ0n) is 11.0. The standard InChI is InChI=1S/C9HBrF16/c10-2(4(13,14)15)1-3(11,12)5(16,17)6(18,19)7(20,21)8(22,23)9(24,25)26/h1H. The largest absolute Gasteiger partial charge is 0.460 e.